The second-order valence-corrected chi connectivity index (χ2v) is 5.80. The van der Waals surface area contributed by atoms with Crippen molar-refractivity contribution in [2.75, 3.05) is 17.3 Å². The molecule has 0 unspecified atom stereocenters. The van der Waals surface area contributed by atoms with Crippen LogP contribution < -0.4 is 10.2 Å². The van der Waals surface area contributed by atoms with Crippen molar-refractivity contribution in [2.24, 2.45) is 0 Å². The Morgan fingerprint density at radius 3 is 2.50 bits per heavy atom. The fourth-order valence-electron chi connectivity index (χ4n) is 2.98. The van der Waals surface area contributed by atoms with Crippen LogP contribution in [0, 0.1) is 0 Å². The van der Waals surface area contributed by atoms with E-state index in [1.54, 1.807) is 0 Å². The van der Waals surface area contributed by atoms with E-state index in [4.69, 9.17) is 0 Å². The highest BCUT2D eigenvalue weighted by atomic mass is 15.1. The normalized spacial score (nSPS) is 13.7. The fraction of sp³-hybridized carbons (Fsp3) is 0.333. The molecule has 0 amide bonds. The highest BCUT2D eigenvalue weighted by molar-refractivity contribution is 5.60. The first-order chi connectivity index (χ1) is 9.69. The molecule has 3 rings (SSSR count). The minimum absolute atomic E-state index is 0.558. The molecule has 0 aliphatic carbocycles. The van der Waals surface area contributed by atoms with E-state index in [0.29, 0.717) is 5.92 Å². The highest BCUT2D eigenvalue weighted by Gasteiger charge is 2.21. The first-order valence-corrected chi connectivity index (χ1v) is 7.32. The predicted molar refractivity (Wildman–Crippen MR) is 86.4 cm³/mol. The van der Waals surface area contributed by atoms with Crippen LogP contribution in [0.5, 0.6) is 0 Å². The van der Waals surface area contributed by atoms with E-state index in [-0.39, 0.29) is 0 Å². The van der Waals surface area contributed by atoms with Crippen molar-refractivity contribution in [3.63, 3.8) is 0 Å². The first-order valence-electron chi connectivity index (χ1n) is 7.32. The lowest BCUT2D eigenvalue weighted by Gasteiger charge is -2.23. The molecule has 0 bridgehead atoms. The maximum Gasteiger partial charge on any atom is 0.0437 e. The summed E-state index contributed by atoms with van der Waals surface area (Å²) >= 11 is 0. The van der Waals surface area contributed by atoms with Gasteiger partial charge in [0.15, 0.2) is 0 Å². The third-order valence-electron chi connectivity index (χ3n) is 4.12. The summed E-state index contributed by atoms with van der Waals surface area (Å²) in [4.78, 5) is 2.49. The zero-order valence-corrected chi connectivity index (χ0v) is 12.5. The van der Waals surface area contributed by atoms with Crippen LogP contribution >= 0.6 is 0 Å². The number of para-hydroxylation sites is 1. The molecule has 2 nitrogen and oxygen atoms in total. The molecule has 0 atom stereocenters. The maximum atomic E-state index is 3.22. The van der Waals surface area contributed by atoms with Crippen LogP contribution in [0.4, 0.5) is 11.4 Å². The van der Waals surface area contributed by atoms with Crippen molar-refractivity contribution < 1.29 is 0 Å². The molecule has 0 saturated heterocycles. The Bertz CT molecular complexity index is 617. The molecule has 1 aliphatic rings. The van der Waals surface area contributed by atoms with Crippen LogP contribution in [-0.2, 0) is 13.1 Å². The van der Waals surface area contributed by atoms with Gasteiger partial charge in [0, 0.05) is 31.5 Å². The Kier molecular flexibility index (Phi) is 3.39. The number of hydrogen-bond donors (Lipinski definition) is 1. The molecule has 2 aromatic rings. The molecule has 20 heavy (non-hydrogen) atoms. The van der Waals surface area contributed by atoms with Crippen molar-refractivity contribution in [1.82, 2.24) is 0 Å². The quantitative estimate of drug-likeness (QED) is 0.887. The highest BCUT2D eigenvalue weighted by Crippen LogP contribution is 2.34. The molecule has 0 spiro atoms. The van der Waals surface area contributed by atoms with Gasteiger partial charge in [0.2, 0.25) is 0 Å². The number of nitrogens with zero attached hydrogens (tertiary/aromatic N) is 1. The smallest absolute Gasteiger partial charge is 0.0437 e. The average molecular weight is 266 g/mol. The van der Waals surface area contributed by atoms with E-state index in [1.165, 1.54) is 28.1 Å². The summed E-state index contributed by atoms with van der Waals surface area (Å²) in [6.07, 6.45) is 0. The Balaban J connectivity index is 1.92. The Morgan fingerprint density at radius 2 is 1.75 bits per heavy atom. The number of benzene rings is 2. The summed E-state index contributed by atoms with van der Waals surface area (Å²) in [6, 6.07) is 15.5. The molecule has 0 saturated carbocycles. The van der Waals surface area contributed by atoms with Crippen molar-refractivity contribution >= 4 is 11.4 Å². The first kappa shape index (κ1) is 13.0. The molecule has 0 aromatic heterocycles. The van der Waals surface area contributed by atoms with Crippen molar-refractivity contribution in [1.29, 1.82) is 0 Å². The summed E-state index contributed by atoms with van der Waals surface area (Å²) in [5.41, 5.74) is 6.90. The number of anilines is 2. The Morgan fingerprint density at radius 1 is 1.00 bits per heavy atom. The van der Waals surface area contributed by atoms with E-state index >= 15 is 0 Å². The lowest BCUT2D eigenvalue weighted by Crippen LogP contribution is -2.16. The van der Waals surface area contributed by atoms with Gasteiger partial charge >= 0.3 is 0 Å². The number of fused-ring (bicyclic) bond motifs is 1. The number of rotatable bonds is 3. The van der Waals surface area contributed by atoms with Gasteiger partial charge in [-0.1, -0.05) is 38.1 Å². The topological polar surface area (TPSA) is 15.3 Å². The van der Waals surface area contributed by atoms with Crippen LogP contribution in [0.2, 0.25) is 0 Å². The van der Waals surface area contributed by atoms with Gasteiger partial charge in [0.25, 0.3) is 0 Å². The second-order valence-electron chi connectivity index (χ2n) is 5.80. The average Bonchev–Trinajstić information content (AvgIpc) is 2.89. The molecule has 2 heteroatoms. The number of nitrogens with one attached hydrogen (secondary N) is 1. The van der Waals surface area contributed by atoms with Gasteiger partial charge in [-0.3, -0.25) is 0 Å². The largest absolute Gasteiger partial charge is 0.388 e. The van der Waals surface area contributed by atoms with Crippen molar-refractivity contribution in [3.05, 3.63) is 59.2 Å². The Labute approximate surface area is 121 Å². The standard InChI is InChI=1S/C18H22N2/c1-13(2)17-6-4-5-7-18(17)20-11-14-8-9-16(19-3)10-15(14)12-20/h4-10,13,19H,11-12H2,1-3H3. The van der Waals surface area contributed by atoms with Crippen molar-refractivity contribution in [2.45, 2.75) is 32.9 Å². The molecular formula is C18H22N2. The van der Waals surface area contributed by atoms with E-state index in [2.05, 4.69) is 66.5 Å². The van der Waals surface area contributed by atoms with E-state index in [1.807, 2.05) is 7.05 Å². The SMILES string of the molecule is CNc1ccc2c(c1)CN(c1ccccc1C(C)C)C2. The molecule has 0 fully saturated rings. The summed E-state index contributed by atoms with van der Waals surface area (Å²) in [6.45, 7) is 6.56. The summed E-state index contributed by atoms with van der Waals surface area (Å²) < 4.78 is 0. The van der Waals surface area contributed by atoms with Crippen LogP contribution in [0.3, 0.4) is 0 Å². The van der Waals surface area contributed by atoms with Crippen LogP contribution in [0.15, 0.2) is 42.5 Å². The molecule has 1 N–H and O–H groups in total. The van der Waals surface area contributed by atoms with Gasteiger partial charge in [0.05, 0.1) is 0 Å². The molecule has 104 valence electrons. The summed E-state index contributed by atoms with van der Waals surface area (Å²) in [5.74, 6) is 0.558. The van der Waals surface area contributed by atoms with E-state index in [0.717, 1.165) is 13.1 Å². The second kappa shape index (κ2) is 5.20. The fourth-order valence-corrected chi connectivity index (χ4v) is 2.98. The third-order valence-corrected chi connectivity index (χ3v) is 4.12. The van der Waals surface area contributed by atoms with Gasteiger partial charge < -0.3 is 10.2 Å². The lowest BCUT2D eigenvalue weighted by atomic mass is 10.0. The minimum atomic E-state index is 0.558. The van der Waals surface area contributed by atoms with Gasteiger partial charge in [-0.25, -0.2) is 0 Å². The molecule has 1 heterocycles. The van der Waals surface area contributed by atoms with Crippen molar-refractivity contribution in [3.8, 4) is 0 Å². The van der Waals surface area contributed by atoms with Crippen LogP contribution in [-0.4, -0.2) is 7.05 Å². The van der Waals surface area contributed by atoms with Gasteiger partial charge in [-0.2, -0.15) is 0 Å². The monoisotopic (exact) mass is 266 g/mol. The summed E-state index contributed by atoms with van der Waals surface area (Å²) in [7, 11) is 1.97. The zero-order chi connectivity index (χ0) is 14.1. The third kappa shape index (κ3) is 2.26. The molecule has 2 aromatic carbocycles. The summed E-state index contributed by atoms with van der Waals surface area (Å²) in [5, 5.41) is 3.22. The Hall–Kier alpha value is -1.96. The lowest BCUT2D eigenvalue weighted by molar-refractivity contribution is 0.820. The zero-order valence-electron chi connectivity index (χ0n) is 12.5. The van der Waals surface area contributed by atoms with Gasteiger partial charge in [-0.05, 0) is 40.8 Å². The number of hydrogen-bond acceptors (Lipinski definition) is 2. The van der Waals surface area contributed by atoms with Gasteiger partial charge in [0.1, 0.15) is 0 Å². The molecule has 0 radical (unpaired) electrons. The molecular weight excluding hydrogens is 244 g/mol. The molecule has 1 aliphatic heterocycles. The predicted octanol–water partition coefficient (Wildman–Crippen LogP) is 4.37. The van der Waals surface area contributed by atoms with Crippen LogP contribution in [0.1, 0.15) is 36.5 Å². The van der Waals surface area contributed by atoms with E-state index < -0.39 is 0 Å². The van der Waals surface area contributed by atoms with E-state index in [9.17, 15) is 0 Å². The van der Waals surface area contributed by atoms with Gasteiger partial charge in [-0.15, -0.1) is 0 Å². The van der Waals surface area contributed by atoms with Crippen LogP contribution in [0.25, 0.3) is 0 Å². The maximum absolute atomic E-state index is 3.22. The minimum Gasteiger partial charge on any atom is -0.388 e.